The van der Waals surface area contributed by atoms with Crippen LogP contribution < -0.4 is 13.7 Å². The van der Waals surface area contributed by atoms with E-state index in [1.54, 1.807) is 0 Å². The van der Waals surface area contributed by atoms with Crippen molar-refractivity contribution in [2.45, 2.75) is 19.6 Å². The lowest BCUT2D eigenvalue weighted by atomic mass is 9.99. The molecule has 8 bridgehead atoms. The van der Waals surface area contributed by atoms with Crippen LogP contribution in [0, 0.1) is 0 Å². The summed E-state index contributed by atoms with van der Waals surface area (Å²) in [6.07, 6.45) is 32.0. The quantitative estimate of drug-likeness (QED) is 0.147. The maximum absolute atomic E-state index is 9.62. The van der Waals surface area contributed by atoms with Crippen molar-refractivity contribution in [3.8, 4) is 0 Å². The third-order valence-electron chi connectivity index (χ3n) is 10.8. The Balaban J connectivity index is 1.31. The molecule has 0 aliphatic carbocycles. The largest absolute Gasteiger partial charge is 0.395 e. The molecule has 0 saturated carbocycles. The predicted octanol–water partition coefficient (Wildman–Crippen LogP) is 3.57. The van der Waals surface area contributed by atoms with Crippen LogP contribution in [0.25, 0.3) is 22.3 Å². The molecule has 0 radical (unpaired) electrons. The van der Waals surface area contributed by atoms with Gasteiger partial charge in [-0.15, -0.1) is 0 Å². The number of nitrogens with one attached hydrogen (secondary N) is 1. The molecule has 0 unspecified atom stereocenters. The Kier molecular flexibility index (Phi) is 11.0. The first-order valence-corrected chi connectivity index (χ1v) is 20.1. The van der Waals surface area contributed by atoms with Gasteiger partial charge in [0.25, 0.3) is 0 Å². The molecular formula is C48H45N8O4+3. The van der Waals surface area contributed by atoms with E-state index in [4.69, 9.17) is 15.0 Å². The first-order chi connectivity index (χ1) is 29.5. The SMILES string of the molecule is OCCN1C=CC(=C2C3=NC(=C(c4cc[n+](CCO)cc4)C4=NC(=C(c5cc[n+](CCO)cc5)C5=NC(=C(c6cc[n+](CCO)cc6)c6ccc2[nH]6)C=C5)C=C4)C=C3)C=C1. The Morgan fingerprint density at radius 1 is 0.433 bits per heavy atom. The highest BCUT2D eigenvalue weighted by atomic mass is 16.3. The lowest BCUT2D eigenvalue weighted by molar-refractivity contribution is -0.698. The standard InChI is InChI=1S/C48H45N8O4/c57-29-25-53-17-9-33(10-18-53)45-37-1-2-38(49-37)46(34-11-19-54(20-12-34)26-30-58)40-5-6-42(51-40)48(36-15-23-56(24-16-36)28-32-60)44-8-7-43(52-44)47(41-4-3-39(45)50-41)35-13-21-55(22-14-35)27-31-59/h1-24,49,57-60H,25-32H2/q+3. The molecule has 5 aliphatic heterocycles. The lowest BCUT2D eigenvalue weighted by Crippen LogP contribution is -2.34. The number of H-pyrrole nitrogens is 1. The minimum absolute atomic E-state index is 0.0332. The van der Waals surface area contributed by atoms with Gasteiger partial charge in [0.05, 0.1) is 40.8 Å². The van der Waals surface area contributed by atoms with Gasteiger partial charge in [-0.3, -0.25) is 0 Å². The van der Waals surface area contributed by atoms with Crippen molar-refractivity contribution in [2.75, 3.05) is 33.0 Å². The summed E-state index contributed by atoms with van der Waals surface area (Å²) in [5, 5.41) is 38.5. The molecule has 0 atom stereocenters. The van der Waals surface area contributed by atoms with E-state index < -0.39 is 0 Å². The third-order valence-corrected chi connectivity index (χ3v) is 10.8. The van der Waals surface area contributed by atoms with Crippen molar-refractivity contribution in [1.82, 2.24) is 9.88 Å². The van der Waals surface area contributed by atoms with Crippen LogP contribution in [0.2, 0.25) is 0 Å². The van der Waals surface area contributed by atoms with Crippen molar-refractivity contribution in [2.24, 2.45) is 15.0 Å². The zero-order valence-corrected chi connectivity index (χ0v) is 32.9. The summed E-state index contributed by atoms with van der Waals surface area (Å²) in [6.45, 7) is 2.07. The van der Waals surface area contributed by atoms with Gasteiger partial charge in [0.1, 0.15) is 19.8 Å². The van der Waals surface area contributed by atoms with Gasteiger partial charge in [-0.2, -0.15) is 0 Å². The number of aromatic nitrogens is 4. The van der Waals surface area contributed by atoms with Crippen molar-refractivity contribution in [3.63, 3.8) is 0 Å². The van der Waals surface area contributed by atoms with Crippen LogP contribution in [0.5, 0.6) is 0 Å². The van der Waals surface area contributed by atoms with Crippen LogP contribution >= 0.6 is 0 Å². The molecule has 12 heteroatoms. The number of aliphatic hydroxyl groups is 4. The minimum Gasteiger partial charge on any atom is -0.395 e. The fourth-order valence-corrected chi connectivity index (χ4v) is 7.90. The highest BCUT2D eigenvalue weighted by Crippen LogP contribution is 2.38. The number of aliphatic imine (C=N–C) groups is 3. The summed E-state index contributed by atoms with van der Waals surface area (Å²) < 4.78 is 5.83. The van der Waals surface area contributed by atoms with Crippen LogP contribution in [-0.2, 0) is 19.6 Å². The van der Waals surface area contributed by atoms with Gasteiger partial charge in [-0.1, -0.05) is 0 Å². The summed E-state index contributed by atoms with van der Waals surface area (Å²) in [4.78, 5) is 21.8. The summed E-state index contributed by atoms with van der Waals surface area (Å²) in [6, 6.07) is 16.4. The second-order valence-electron chi connectivity index (χ2n) is 14.6. The Morgan fingerprint density at radius 2 is 0.817 bits per heavy atom. The number of nitrogens with zero attached hydrogens (tertiary/aromatic N) is 7. The monoisotopic (exact) mass is 797 g/mol. The van der Waals surface area contributed by atoms with E-state index in [1.165, 1.54) is 0 Å². The summed E-state index contributed by atoms with van der Waals surface area (Å²) >= 11 is 0. The molecule has 9 heterocycles. The summed E-state index contributed by atoms with van der Waals surface area (Å²) in [5.41, 5.74) is 13.6. The molecule has 0 spiro atoms. The zero-order valence-electron chi connectivity index (χ0n) is 32.9. The van der Waals surface area contributed by atoms with E-state index in [0.717, 1.165) is 90.2 Å². The maximum Gasteiger partial charge on any atom is 0.171 e. The summed E-state index contributed by atoms with van der Waals surface area (Å²) in [7, 11) is 0. The normalized spacial score (nSPS) is 16.9. The van der Waals surface area contributed by atoms with Crippen LogP contribution in [0.3, 0.4) is 0 Å². The number of hydrogen-bond acceptors (Lipinski definition) is 8. The van der Waals surface area contributed by atoms with Crippen molar-refractivity contribution < 1.29 is 34.1 Å². The fourth-order valence-electron chi connectivity index (χ4n) is 7.90. The number of rotatable bonds is 11. The van der Waals surface area contributed by atoms with Gasteiger partial charge in [-0.05, 0) is 83.0 Å². The molecule has 60 heavy (non-hydrogen) atoms. The molecule has 5 N–H and O–H groups in total. The average molecular weight is 798 g/mol. The summed E-state index contributed by atoms with van der Waals surface area (Å²) in [5.74, 6) is 0. The maximum atomic E-state index is 9.62. The van der Waals surface area contributed by atoms with Crippen molar-refractivity contribution in [1.29, 1.82) is 0 Å². The van der Waals surface area contributed by atoms with E-state index in [0.29, 0.717) is 26.2 Å². The predicted molar refractivity (Wildman–Crippen MR) is 231 cm³/mol. The van der Waals surface area contributed by atoms with E-state index in [-0.39, 0.29) is 26.4 Å². The number of allylic oxidation sites excluding steroid dienone is 12. The molecule has 5 aliphatic rings. The number of β-amino-alcohol motifs (C(OH)–C–C–N with tert-alkyl or cyclic N) is 1. The number of hydrogen-bond donors (Lipinski definition) is 5. The lowest BCUT2D eigenvalue weighted by Gasteiger charge is -2.19. The third kappa shape index (κ3) is 7.68. The zero-order chi connectivity index (χ0) is 41.0. The van der Waals surface area contributed by atoms with Crippen molar-refractivity contribution >= 4 is 39.4 Å². The molecule has 0 aromatic carbocycles. The molecule has 0 fully saturated rings. The van der Waals surface area contributed by atoms with E-state index in [1.807, 2.05) is 153 Å². The average Bonchev–Trinajstić information content (AvgIpc) is 4.12. The number of aromatic amines is 1. The fraction of sp³-hybridized carbons (Fsp3) is 0.167. The molecule has 4 aromatic rings. The van der Waals surface area contributed by atoms with Crippen LogP contribution in [0.4, 0.5) is 0 Å². The Labute approximate surface area is 347 Å². The van der Waals surface area contributed by atoms with E-state index in [2.05, 4.69) is 17.1 Å². The molecule has 298 valence electrons. The second-order valence-corrected chi connectivity index (χ2v) is 14.6. The van der Waals surface area contributed by atoms with E-state index in [9.17, 15) is 20.4 Å². The van der Waals surface area contributed by atoms with Gasteiger partial charge in [0.2, 0.25) is 0 Å². The highest BCUT2D eigenvalue weighted by molar-refractivity contribution is 6.37. The first-order valence-electron chi connectivity index (χ1n) is 20.1. The number of fused-ring (bicyclic) bond motifs is 5. The second kappa shape index (κ2) is 17.1. The smallest absolute Gasteiger partial charge is 0.171 e. The van der Waals surface area contributed by atoms with E-state index >= 15 is 0 Å². The van der Waals surface area contributed by atoms with Gasteiger partial charge in [0.15, 0.2) is 56.8 Å². The van der Waals surface area contributed by atoms with Crippen LogP contribution in [0.1, 0.15) is 28.1 Å². The molecule has 9 rings (SSSR count). The molecular weight excluding hydrogens is 753 g/mol. The van der Waals surface area contributed by atoms with Crippen LogP contribution in [0.15, 0.2) is 184 Å². The van der Waals surface area contributed by atoms with Gasteiger partial charge >= 0.3 is 0 Å². The Hall–Kier alpha value is -6.96. The Morgan fingerprint density at radius 3 is 1.23 bits per heavy atom. The van der Waals surface area contributed by atoms with Crippen molar-refractivity contribution in [3.05, 3.63) is 197 Å². The minimum atomic E-state index is 0.0332. The number of pyridine rings is 3. The molecule has 0 amide bonds. The first kappa shape index (κ1) is 38.6. The van der Waals surface area contributed by atoms with Gasteiger partial charge in [-0.25, -0.2) is 28.7 Å². The highest BCUT2D eigenvalue weighted by Gasteiger charge is 2.27. The molecule has 0 saturated heterocycles. The van der Waals surface area contributed by atoms with Gasteiger partial charge in [0, 0.05) is 89.0 Å². The van der Waals surface area contributed by atoms with Crippen LogP contribution in [-0.4, -0.2) is 80.4 Å². The molecule has 12 nitrogen and oxygen atoms in total. The van der Waals surface area contributed by atoms with Gasteiger partial charge < -0.3 is 30.3 Å². The topological polar surface area (TPSA) is 149 Å². The molecule has 4 aromatic heterocycles. The Bertz CT molecular complexity index is 2700. The number of aliphatic hydroxyl groups excluding tert-OH is 4.